The van der Waals surface area contributed by atoms with E-state index in [0.717, 1.165) is 36.8 Å². The van der Waals surface area contributed by atoms with Gasteiger partial charge in [0.2, 0.25) is 5.95 Å². The van der Waals surface area contributed by atoms with Crippen molar-refractivity contribution in [1.82, 2.24) is 24.6 Å². The first-order chi connectivity index (χ1) is 11.0. The van der Waals surface area contributed by atoms with E-state index in [2.05, 4.69) is 20.0 Å². The molecule has 2 aromatic rings. The summed E-state index contributed by atoms with van der Waals surface area (Å²) in [5.74, 6) is 1.20. The predicted molar refractivity (Wildman–Crippen MR) is 88.4 cm³/mol. The lowest BCUT2D eigenvalue weighted by molar-refractivity contribution is 0.0763. The van der Waals surface area contributed by atoms with Crippen LogP contribution < -0.4 is 10.5 Å². The average molecular weight is 314 g/mol. The summed E-state index contributed by atoms with van der Waals surface area (Å²) in [7, 11) is 3.85. The number of likely N-dealkylation sites (tertiary alicyclic amines) is 1. The highest BCUT2D eigenvalue weighted by Crippen LogP contribution is 2.19. The van der Waals surface area contributed by atoms with E-state index in [0.29, 0.717) is 12.5 Å². The van der Waals surface area contributed by atoms with Crippen molar-refractivity contribution in [3.05, 3.63) is 46.1 Å². The van der Waals surface area contributed by atoms with Gasteiger partial charge in [0.1, 0.15) is 0 Å². The average Bonchev–Trinajstić information content (AvgIpc) is 2.49. The van der Waals surface area contributed by atoms with E-state index >= 15 is 0 Å². The van der Waals surface area contributed by atoms with Gasteiger partial charge < -0.3 is 4.90 Å². The second-order valence-electron chi connectivity index (χ2n) is 6.34. The Kier molecular flexibility index (Phi) is 4.38. The Balaban J connectivity index is 1.51. The van der Waals surface area contributed by atoms with Gasteiger partial charge in [0.05, 0.1) is 12.2 Å². The van der Waals surface area contributed by atoms with Crippen molar-refractivity contribution in [1.29, 1.82) is 0 Å². The molecular weight excluding hydrogens is 292 g/mol. The van der Waals surface area contributed by atoms with Crippen molar-refractivity contribution in [3.63, 3.8) is 0 Å². The first-order valence-corrected chi connectivity index (χ1v) is 7.76. The monoisotopic (exact) mass is 314 g/mol. The van der Waals surface area contributed by atoms with Crippen LogP contribution in [0.4, 0.5) is 5.95 Å². The molecule has 23 heavy (non-hydrogen) atoms. The van der Waals surface area contributed by atoms with E-state index in [9.17, 15) is 4.79 Å². The van der Waals surface area contributed by atoms with Gasteiger partial charge in [0.15, 0.2) is 0 Å². The number of aromatic nitrogens is 4. The zero-order valence-electron chi connectivity index (χ0n) is 13.8. The highest BCUT2D eigenvalue weighted by atomic mass is 16.1. The van der Waals surface area contributed by atoms with Crippen molar-refractivity contribution < 1.29 is 0 Å². The number of hydrogen-bond donors (Lipinski definition) is 0. The molecule has 7 heteroatoms. The Labute approximate surface area is 135 Å². The fourth-order valence-corrected chi connectivity index (χ4v) is 2.77. The summed E-state index contributed by atoms with van der Waals surface area (Å²) >= 11 is 0. The van der Waals surface area contributed by atoms with Gasteiger partial charge in [-0.15, -0.1) is 0 Å². The molecule has 0 aliphatic carbocycles. The Morgan fingerprint density at radius 3 is 2.57 bits per heavy atom. The lowest BCUT2D eigenvalue weighted by Crippen LogP contribution is -2.48. The van der Waals surface area contributed by atoms with Crippen LogP contribution in [0.3, 0.4) is 0 Å². The van der Waals surface area contributed by atoms with Crippen molar-refractivity contribution >= 4 is 5.95 Å². The lowest BCUT2D eigenvalue weighted by Gasteiger charge is -2.39. The minimum absolute atomic E-state index is 0.0262. The Hall–Kier alpha value is -2.28. The van der Waals surface area contributed by atoms with Crippen molar-refractivity contribution in [2.45, 2.75) is 20.0 Å². The SMILES string of the molecule is Cc1ccc(=O)n(CC2CN(Cc3cnc(N(C)C)nc3)C2)n1. The second-order valence-corrected chi connectivity index (χ2v) is 6.34. The Morgan fingerprint density at radius 1 is 1.22 bits per heavy atom. The highest BCUT2D eigenvalue weighted by Gasteiger charge is 2.27. The summed E-state index contributed by atoms with van der Waals surface area (Å²) < 4.78 is 1.58. The molecule has 1 aliphatic heterocycles. The first kappa shape index (κ1) is 15.6. The number of anilines is 1. The second kappa shape index (κ2) is 6.45. The van der Waals surface area contributed by atoms with Gasteiger partial charge in [-0.05, 0) is 13.0 Å². The standard InChI is InChI=1S/C16H22N6O/c1-12-4-5-15(23)22(19-12)11-14-9-21(10-14)8-13-6-17-16(18-7-13)20(2)3/h4-7,14H,8-11H2,1-3H3. The third-order valence-electron chi connectivity index (χ3n) is 3.96. The smallest absolute Gasteiger partial charge is 0.266 e. The highest BCUT2D eigenvalue weighted by molar-refractivity contribution is 5.26. The summed E-state index contributed by atoms with van der Waals surface area (Å²) in [4.78, 5) is 24.7. The van der Waals surface area contributed by atoms with Crippen molar-refractivity contribution in [2.75, 3.05) is 32.1 Å². The zero-order chi connectivity index (χ0) is 16.4. The molecule has 3 rings (SSSR count). The molecule has 0 spiro atoms. The maximum absolute atomic E-state index is 11.8. The van der Waals surface area contributed by atoms with Crippen LogP contribution in [0, 0.1) is 12.8 Å². The molecule has 0 radical (unpaired) electrons. The van der Waals surface area contributed by atoms with Crippen LogP contribution in [0.25, 0.3) is 0 Å². The van der Waals surface area contributed by atoms with Gasteiger partial charge in [-0.2, -0.15) is 5.10 Å². The summed E-state index contributed by atoms with van der Waals surface area (Å²) in [6.45, 7) is 5.38. The molecule has 3 heterocycles. The van der Waals surface area contributed by atoms with Crippen LogP contribution >= 0.6 is 0 Å². The van der Waals surface area contributed by atoms with Crippen LogP contribution in [0.5, 0.6) is 0 Å². The Morgan fingerprint density at radius 2 is 1.91 bits per heavy atom. The fourth-order valence-electron chi connectivity index (χ4n) is 2.77. The van der Waals surface area contributed by atoms with Gasteiger partial charge >= 0.3 is 0 Å². The minimum Gasteiger partial charge on any atom is -0.347 e. The molecular formula is C16H22N6O. The van der Waals surface area contributed by atoms with Crippen LogP contribution in [-0.4, -0.2) is 51.8 Å². The maximum atomic E-state index is 11.8. The van der Waals surface area contributed by atoms with E-state index in [-0.39, 0.29) is 5.56 Å². The van der Waals surface area contributed by atoms with E-state index < -0.39 is 0 Å². The molecule has 7 nitrogen and oxygen atoms in total. The van der Waals surface area contributed by atoms with Crippen molar-refractivity contribution in [2.24, 2.45) is 5.92 Å². The minimum atomic E-state index is -0.0262. The van der Waals surface area contributed by atoms with E-state index in [1.165, 1.54) is 0 Å². The third-order valence-corrected chi connectivity index (χ3v) is 3.96. The van der Waals surface area contributed by atoms with Crippen LogP contribution in [0.1, 0.15) is 11.3 Å². The van der Waals surface area contributed by atoms with Gasteiger partial charge in [-0.1, -0.05) is 0 Å². The van der Waals surface area contributed by atoms with Crippen molar-refractivity contribution in [3.8, 4) is 0 Å². The largest absolute Gasteiger partial charge is 0.347 e. The first-order valence-electron chi connectivity index (χ1n) is 7.76. The molecule has 2 aromatic heterocycles. The molecule has 0 N–H and O–H groups in total. The molecule has 0 unspecified atom stereocenters. The van der Waals surface area contributed by atoms with E-state index in [4.69, 9.17) is 0 Å². The lowest BCUT2D eigenvalue weighted by atomic mass is 10.00. The third kappa shape index (κ3) is 3.73. The number of hydrogen-bond acceptors (Lipinski definition) is 6. The topological polar surface area (TPSA) is 67.2 Å². The fraction of sp³-hybridized carbons (Fsp3) is 0.500. The molecule has 122 valence electrons. The van der Waals surface area contributed by atoms with E-state index in [1.54, 1.807) is 16.8 Å². The van der Waals surface area contributed by atoms with E-state index in [1.807, 2.05) is 38.3 Å². The molecule has 0 amide bonds. The predicted octanol–water partition coefficient (Wildman–Crippen LogP) is 0.540. The van der Waals surface area contributed by atoms with Gasteiger partial charge in [-0.25, -0.2) is 14.6 Å². The molecule has 1 aliphatic rings. The van der Waals surface area contributed by atoms with Crippen LogP contribution in [0.2, 0.25) is 0 Å². The van der Waals surface area contributed by atoms with Gasteiger partial charge in [0, 0.05) is 63.7 Å². The molecule has 0 aromatic carbocycles. The number of rotatable bonds is 5. The summed E-state index contributed by atoms with van der Waals surface area (Å²) in [6.07, 6.45) is 3.75. The number of nitrogens with zero attached hydrogens (tertiary/aromatic N) is 6. The van der Waals surface area contributed by atoms with Crippen LogP contribution in [-0.2, 0) is 13.1 Å². The molecule has 0 saturated carbocycles. The zero-order valence-corrected chi connectivity index (χ0v) is 13.8. The van der Waals surface area contributed by atoms with Gasteiger partial charge in [-0.3, -0.25) is 9.69 Å². The number of aryl methyl sites for hydroxylation is 1. The summed E-state index contributed by atoms with van der Waals surface area (Å²) in [5, 5.41) is 4.29. The molecule has 1 fully saturated rings. The summed E-state index contributed by atoms with van der Waals surface area (Å²) in [5.41, 5.74) is 1.96. The molecule has 0 bridgehead atoms. The Bertz CT molecular complexity index is 718. The molecule has 1 saturated heterocycles. The van der Waals surface area contributed by atoms with Crippen LogP contribution in [0.15, 0.2) is 29.3 Å². The summed E-state index contributed by atoms with van der Waals surface area (Å²) in [6, 6.07) is 3.34. The maximum Gasteiger partial charge on any atom is 0.266 e. The quantitative estimate of drug-likeness (QED) is 0.802. The van der Waals surface area contributed by atoms with Gasteiger partial charge in [0.25, 0.3) is 5.56 Å². The molecule has 0 atom stereocenters. The normalized spacial score (nSPS) is 15.4.